The van der Waals surface area contributed by atoms with Gasteiger partial charge in [0.2, 0.25) is 0 Å². The quantitative estimate of drug-likeness (QED) is 0.768. The van der Waals surface area contributed by atoms with Gasteiger partial charge in [-0.3, -0.25) is 0 Å². The summed E-state index contributed by atoms with van der Waals surface area (Å²) in [6.45, 7) is 0.595. The Morgan fingerprint density at radius 1 is 1.29 bits per heavy atom. The molecule has 1 aromatic carbocycles. The monoisotopic (exact) mass is 205 g/mol. The van der Waals surface area contributed by atoms with Gasteiger partial charge in [-0.1, -0.05) is 30.3 Å². The Morgan fingerprint density at radius 2 is 2.07 bits per heavy atom. The zero-order chi connectivity index (χ0) is 9.80. The first-order chi connectivity index (χ1) is 6.90. The Bertz CT molecular complexity index is 397. The van der Waals surface area contributed by atoms with Crippen LogP contribution in [0.2, 0.25) is 0 Å². The molecule has 1 aromatic heterocycles. The normalized spacial score (nSPS) is 10.4. The van der Waals surface area contributed by atoms with Crippen LogP contribution in [0.3, 0.4) is 0 Å². The van der Waals surface area contributed by atoms with Crippen LogP contribution in [0.1, 0.15) is 5.01 Å². The molecule has 0 bridgehead atoms. The van der Waals surface area contributed by atoms with Crippen LogP contribution in [0.5, 0.6) is 0 Å². The minimum Gasteiger partial charge on any atom is -0.378 e. The fraction of sp³-hybridized carbons (Fsp3) is 0.182. The SMILES string of the molecule is COCc1nc(-c2ccccc2)cs1. The number of benzene rings is 1. The van der Waals surface area contributed by atoms with Gasteiger partial charge in [-0.25, -0.2) is 4.98 Å². The third-order valence-corrected chi connectivity index (χ3v) is 2.71. The minimum absolute atomic E-state index is 0.595. The van der Waals surface area contributed by atoms with Crippen molar-refractivity contribution < 1.29 is 4.74 Å². The highest BCUT2D eigenvalue weighted by atomic mass is 32.1. The van der Waals surface area contributed by atoms with Gasteiger partial charge in [0.25, 0.3) is 0 Å². The van der Waals surface area contributed by atoms with Crippen LogP contribution in [0, 0.1) is 0 Å². The van der Waals surface area contributed by atoms with E-state index in [1.807, 2.05) is 18.2 Å². The van der Waals surface area contributed by atoms with Crippen LogP contribution < -0.4 is 0 Å². The average Bonchev–Trinajstić information content (AvgIpc) is 2.68. The van der Waals surface area contributed by atoms with E-state index in [1.165, 1.54) is 0 Å². The number of aromatic nitrogens is 1. The summed E-state index contributed by atoms with van der Waals surface area (Å²) in [5, 5.41) is 3.08. The standard InChI is InChI=1S/C11H11NOS/c1-13-7-11-12-10(8-14-11)9-5-3-2-4-6-9/h2-6,8H,7H2,1H3. The van der Waals surface area contributed by atoms with Gasteiger partial charge in [0.1, 0.15) is 5.01 Å². The van der Waals surface area contributed by atoms with Crippen LogP contribution in [-0.4, -0.2) is 12.1 Å². The Kier molecular flexibility index (Phi) is 2.91. The lowest BCUT2D eigenvalue weighted by atomic mass is 10.2. The first-order valence-electron chi connectivity index (χ1n) is 4.39. The number of hydrogen-bond donors (Lipinski definition) is 0. The van der Waals surface area contributed by atoms with Crippen LogP contribution in [0.25, 0.3) is 11.3 Å². The van der Waals surface area contributed by atoms with E-state index in [0.29, 0.717) is 6.61 Å². The molecular formula is C11H11NOS. The summed E-state index contributed by atoms with van der Waals surface area (Å²) in [5.74, 6) is 0. The van der Waals surface area contributed by atoms with Gasteiger partial charge in [0, 0.05) is 18.1 Å². The number of ether oxygens (including phenoxy) is 1. The first kappa shape index (κ1) is 9.37. The summed E-state index contributed by atoms with van der Waals surface area (Å²) in [7, 11) is 1.68. The minimum atomic E-state index is 0.595. The summed E-state index contributed by atoms with van der Waals surface area (Å²) >= 11 is 1.63. The zero-order valence-corrected chi connectivity index (χ0v) is 8.75. The topological polar surface area (TPSA) is 22.1 Å². The summed E-state index contributed by atoms with van der Waals surface area (Å²) < 4.78 is 5.02. The van der Waals surface area contributed by atoms with E-state index < -0.39 is 0 Å². The van der Waals surface area contributed by atoms with Crippen LogP contribution in [0.15, 0.2) is 35.7 Å². The highest BCUT2D eigenvalue weighted by Crippen LogP contribution is 2.21. The number of methoxy groups -OCH3 is 1. The molecule has 0 spiro atoms. The molecule has 0 aliphatic heterocycles. The van der Waals surface area contributed by atoms with Crippen molar-refractivity contribution in [3.8, 4) is 11.3 Å². The maximum Gasteiger partial charge on any atom is 0.119 e. The van der Waals surface area contributed by atoms with Crippen molar-refractivity contribution in [1.82, 2.24) is 4.98 Å². The van der Waals surface area contributed by atoms with Gasteiger partial charge in [-0.15, -0.1) is 11.3 Å². The highest BCUT2D eigenvalue weighted by Gasteiger charge is 2.02. The van der Waals surface area contributed by atoms with Crippen molar-refractivity contribution >= 4 is 11.3 Å². The van der Waals surface area contributed by atoms with Crippen LogP contribution in [0.4, 0.5) is 0 Å². The Labute approximate surface area is 87.2 Å². The number of hydrogen-bond acceptors (Lipinski definition) is 3. The van der Waals surface area contributed by atoms with Crippen LogP contribution in [-0.2, 0) is 11.3 Å². The molecule has 0 aliphatic carbocycles. The van der Waals surface area contributed by atoms with E-state index >= 15 is 0 Å². The van der Waals surface area contributed by atoms with E-state index in [-0.39, 0.29) is 0 Å². The Morgan fingerprint density at radius 3 is 2.79 bits per heavy atom. The molecule has 2 aromatic rings. The molecule has 0 aliphatic rings. The van der Waals surface area contributed by atoms with Gasteiger partial charge in [-0.2, -0.15) is 0 Å². The second-order valence-electron chi connectivity index (χ2n) is 2.93. The fourth-order valence-electron chi connectivity index (χ4n) is 1.24. The van der Waals surface area contributed by atoms with Gasteiger partial charge >= 0.3 is 0 Å². The first-order valence-corrected chi connectivity index (χ1v) is 5.27. The smallest absolute Gasteiger partial charge is 0.119 e. The van der Waals surface area contributed by atoms with Gasteiger partial charge < -0.3 is 4.74 Å². The van der Waals surface area contributed by atoms with Crippen molar-refractivity contribution in [3.63, 3.8) is 0 Å². The molecule has 0 saturated heterocycles. The van der Waals surface area contributed by atoms with Gasteiger partial charge in [0.05, 0.1) is 12.3 Å². The van der Waals surface area contributed by atoms with Crippen molar-refractivity contribution in [2.75, 3.05) is 7.11 Å². The lowest BCUT2D eigenvalue weighted by Gasteiger charge is -1.94. The van der Waals surface area contributed by atoms with E-state index in [4.69, 9.17) is 4.74 Å². The average molecular weight is 205 g/mol. The Balaban J connectivity index is 2.25. The van der Waals surface area contributed by atoms with E-state index in [1.54, 1.807) is 18.4 Å². The van der Waals surface area contributed by atoms with Crippen molar-refractivity contribution in [2.24, 2.45) is 0 Å². The van der Waals surface area contributed by atoms with Crippen molar-refractivity contribution in [3.05, 3.63) is 40.7 Å². The maximum absolute atomic E-state index is 5.02. The second kappa shape index (κ2) is 4.35. The summed E-state index contributed by atoms with van der Waals surface area (Å²) in [6.07, 6.45) is 0. The molecule has 2 rings (SSSR count). The predicted octanol–water partition coefficient (Wildman–Crippen LogP) is 2.96. The highest BCUT2D eigenvalue weighted by molar-refractivity contribution is 7.09. The van der Waals surface area contributed by atoms with Crippen molar-refractivity contribution in [1.29, 1.82) is 0 Å². The zero-order valence-electron chi connectivity index (χ0n) is 7.93. The molecule has 1 heterocycles. The molecule has 72 valence electrons. The molecule has 2 nitrogen and oxygen atoms in total. The van der Waals surface area contributed by atoms with Gasteiger partial charge in [-0.05, 0) is 0 Å². The number of thiazole rings is 1. The van der Waals surface area contributed by atoms with Crippen LogP contribution >= 0.6 is 11.3 Å². The van der Waals surface area contributed by atoms with E-state index in [0.717, 1.165) is 16.3 Å². The van der Waals surface area contributed by atoms with E-state index in [2.05, 4.69) is 22.5 Å². The lowest BCUT2D eigenvalue weighted by molar-refractivity contribution is 0.184. The Hall–Kier alpha value is -1.19. The number of nitrogens with zero attached hydrogens (tertiary/aromatic N) is 1. The summed E-state index contributed by atoms with van der Waals surface area (Å²) in [5.41, 5.74) is 2.19. The molecule has 3 heteroatoms. The van der Waals surface area contributed by atoms with Gasteiger partial charge in [0.15, 0.2) is 0 Å². The molecule has 0 amide bonds. The fourth-order valence-corrected chi connectivity index (χ4v) is 2.02. The largest absolute Gasteiger partial charge is 0.378 e. The number of rotatable bonds is 3. The molecule has 0 saturated carbocycles. The molecule has 14 heavy (non-hydrogen) atoms. The lowest BCUT2D eigenvalue weighted by Crippen LogP contribution is -1.85. The summed E-state index contributed by atoms with van der Waals surface area (Å²) in [6, 6.07) is 10.2. The molecular weight excluding hydrogens is 194 g/mol. The molecule has 0 radical (unpaired) electrons. The third kappa shape index (κ3) is 2.00. The predicted molar refractivity (Wildman–Crippen MR) is 58.3 cm³/mol. The molecule has 0 fully saturated rings. The second-order valence-corrected chi connectivity index (χ2v) is 3.87. The molecule has 0 atom stereocenters. The molecule has 0 N–H and O–H groups in total. The molecule has 0 unspecified atom stereocenters. The maximum atomic E-state index is 5.02. The van der Waals surface area contributed by atoms with E-state index in [9.17, 15) is 0 Å². The third-order valence-electron chi connectivity index (χ3n) is 1.89. The van der Waals surface area contributed by atoms with Crippen molar-refractivity contribution in [2.45, 2.75) is 6.61 Å². The summed E-state index contributed by atoms with van der Waals surface area (Å²) in [4.78, 5) is 4.46.